The molecule has 0 bridgehead atoms. The maximum absolute atomic E-state index is 12.8. The first kappa shape index (κ1) is 21.8. The minimum atomic E-state index is -3.51. The molecular formula is C20H25BrN3O4S+. The first-order valence-corrected chi connectivity index (χ1v) is 11.7. The van der Waals surface area contributed by atoms with Gasteiger partial charge in [-0.2, -0.15) is 4.31 Å². The molecule has 9 heteroatoms. The largest absolute Gasteiger partial charge is 0.492 e. The number of quaternary nitrogens is 1. The van der Waals surface area contributed by atoms with Gasteiger partial charge in [-0.15, -0.1) is 0 Å². The quantitative estimate of drug-likeness (QED) is 0.624. The average molecular weight is 483 g/mol. The molecule has 0 aromatic heterocycles. The maximum atomic E-state index is 12.8. The molecule has 1 aliphatic rings. The lowest BCUT2D eigenvalue weighted by Gasteiger charge is -2.31. The molecule has 2 aromatic carbocycles. The van der Waals surface area contributed by atoms with Gasteiger partial charge in [-0.3, -0.25) is 4.79 Å². The molecule has 0 spiro atoms. The zero-order valence-electron chi connectivity index (χ0n) is 16.2. The van der Waals surface area contributed by atoms with E-state index in [1.807, 2.05) is 25.1 Å². The smallest absolute Gasteiger partial charge is 0.279 e. The van der Waals surface area contributed by atoms with Crippen LogP contribution in [0.5, 0.6) is 5.75 Å². The summed E-state index contributed by atoms with van der Waals surface area (Å²) in [6, 6.07) is 14.0. The Balaban J connectivity index is 1.54. The van der Waals surface area contributed by atoms with E-state index in [4.69, 9.17) is 4.74 Å². The molecule has 7 nitrogen and oxygen atoms in total. The SMILES string of the molecule is CCOc1ccccc1NC(=O)C[NH+]1CCN(S(=O)(=O)c2ccc(Br)cc2)CC1. The summed E-state index contributed by atoms with van der Waals surface area (Å²) in [6.45, 7) is 4.63. The molecule has 29 heavy (non-hydrogen) atoms. The van der Waals surface area contributed by atoms with Crippen LogP contribution in [0.1, 0.15) is 6.92 Å². The van der Waals surface area contributed by atoms with Crippen LogP contribution in [0.15, 0.2) is 57.9 Å². The Kier molecular flexibility index (Phi) is 7.28. The average Bonchev–Trinajstić information content (AvgIpc) is 2.70. The predicted octanol–water partition coefficient (Wildman–Crippen LogP) is 1.38. The Morgan fingerprint density at radius 1 is 1.14 bits per heavy atom. The van der Waals surface area contributed by atoms with Crippen LogP contribution < -0.4 is 15.0 Å². The van der Waals surface area contributed by atoms with Crippen LogP contribution in [-0.2, 0) is 14.8 Å². The van der Waals surface area contributed by atoms with Gasteiger partial charge in [0.2, 0.25) is 10.0 Å². The van der Waals surface area contributed by atoms with Gasteiger partial charge in [-0.25, -0.2) is 8.42 Å². The molecule has 1 aliphatic heterocycles. The van der Waals surface area contributed by atoms with Crippen LogP contribution in [0.3, 0.4) is 0 Å². The van der Waals surface area contributed by atoms with E-state index < -0.39 is 10.0 Å². The molecule has 156 valence electrons. The number of sulfonamides is 1. The third kappa shape index (κ3) is 5.57. The fraction of sp³-hybridized carbons (Fsp3) is 0.350. The molecule has 0 unspecified atom stereocenters. The van der Waals surface area contributed by atoms with E-state index in [1.54, 1.807) is 30.3 Å². The summed E-state index contributed by atoms with van der Waals surface area (Å²) in [5, 5.41) is 2.89. The molecule has 1 fully saturated rings. The van der Waals surface area contributed by atoms with Crippen molar-refractivity contribution in [2.45, 2.75) is 11.8 Å². The van der Waals surface area contributed by atoms with Gasteiger partial charge in [-0.1, -0.05) is 28.1 Å². The predicted molar refractivity (Wildman–Crippen MR) is 115 cm³/mol. The highest BCUT2D eigenvalue weighted by Crippen LogP contribution is 2.23. The number of benzene rings is 2. The number of carbonyl (C=O) groups is 1. The molecule has 1 amide bonds. The fourth-order valence-corrected chi connectivity index (χ4v) is 4.95. The maximum Gasteiger partial charge on any atom is 0.279 e. The summed E-state index contributed by atoms with van der Waals surface area (Å²) >= 11 is 3.32. The van der Waals surface area contributed by atoms with E-state index in [0.29, 0.717) is 44.2 Å². The number of nitrogens with zero attached hydrogens (tertiary/aromatic N) is 1. The number of ether oxygens (including phenoxy) is 1. The number of halogens is 1. The van der Waals surface area contributed by atoms with Crippen molar-refractivity contribution in [1.29, 1.82) is 0 Å². The van der Waals surface area contributed by atoms with Gasteiger partial charge in [-0.05, 0) is 43.3 Å². The van der Waals surface area contributed by atoms with Gasteiger partial charge in [0, 0.05) is 4.47 Å². The highest BCUT2D eigenvalue weighted by atomic mass is 79.9. The van der Waals surface area contributed by atoms with E-state index in [9.17, 15) is 13.2 Å². The highest BCUT2D eigenvalue weighted by Gasteiger charge is 2.31. The normalized spacial score (nSPS) is 15.8. The standard InChI is InChI=1S/C20H24BrN3O4S/c1-2-28-19-6-4-3-5-18(19)22-20(25)15-23-11-13-24(14-12-23)29(26,27)17-9-7-16(21)8-10-17/h3-10H,2,11-15H2,1H3,(H,22,25)/p+1. The lowest BCUT2D eigenvalue weighted by atomic mass is 10.3. The van der Waals surface area contributed by atoms with Crippen molar-refractivity contribution < 1.29 is 22.8 Å². The molecule has 2 N–H and O–H groups in total. The molecule has 0 saturated carbocycles. The van der Waals surface area contributed by atoms with Crippen LogP contribution in [0, 0.1) is 0 Å². The molecule has 0 atom stereocenters. The lowest BCUT2D eigenvalue weighted by Crippen LogP contribution is -3.15. The number of hydrogen-bond acceptors (Lipinski definition) is 4. The number of para-hydroxylation sites is 2. The van der Waals surface area contributed by atoms with E-state index in [1.165, 1.54) is 4.31 Å². The number of hydrogen-bond donors (Lipinski definition) is 2. The van der Waals surface area contributed by atoms with E-state index >= 15 is 0 Å². The minimum Gasteiger partial charge on any atom is -0.492 e. The van der Waals surface area contributed by atoms with Crippen molar-refractivity contribution in [1.82, 2.24) is 4.31 Å². The molecule has 2 aromatic rings. The molecule has 0 radical (unpaired) electrons. The van der Waals surface area contributed by atoms with Gasteiger partial charge in [0.25, 0.3) is 5.91 Å². The van der Waals surface area contributed by atoms with Crippen molar-refractivity contribution in [2.75, 3.05) is 44.6 Å². The van der Waals surface area contributed by atoms with E-state index in [2.05, 4.69) is 21.2 Å². The highest BCUT2D eigenvalue weighted by molar-refractivity contribution is 9.10. The van der Waals surface area contributed by atoms with Gasteiger partial charge in [0.05, 0.1) is 43.4 Å². The Morgan fingerprint density at radius 3 is 2.45 bits per heavy atom. The first-order valence-electron chi connectivity index (χ1n) is 9.51. The van der Waals surface area contributed by atoms with Crippen LogP contribution in [-0.4, -0.2) is 58.0 Å². The number of nitrogens with one attached hydrogen (secondary N) is 2. The zero-order chi connectivity index (χ0) is 20.9. The molecule has 3 rings (SSSR count). The first-order chi connectivity index (χ1) is 13.9. The zero-order valence-corrected chi connectivity index (χ0v) is 18.6. The van der Waals surface area contributed by atoms with Crippen LogP contribution in [0.4, 0.5) is 5.69 Å². The topological polar surface area (TPSA) is 80.2 Å². The minimum absolute atomic E-state index is 0.114. The molecular weight excluding hydrogens is 458 g/mol. The summed E-state index contributed by atoms with van der Waals surface area (Å²) in [5.41, 5.74) is 0.648. The van der Waals surface area contributed by atoms with Gasteiger partial charge in [0.1, 0.15) is 5.75 Å². The van der Waals surface area contributed by atoms with Crippen molar-refractivity contribution in [3.05, 3.63) is 53.0 Å². The van der Waals surface area contributed by atoms with Crippen molar-refractivity contribution >= 4 is 37.5 Å². The molecule has 0 aliphatic carbocycles. The fourth-order valence-electron chi connectivity index (χ4n) is 3.25. The number of amides is 1. The second-order valence-electron chi connectivity index (χ2n) is 6.76. The lowest BCUT2D eigenvalue weighted by molar-refractivity contribution is -0.895. The third-order valence-electron chi connectivity index (χ3n) is 4.75. The number of rotatable bonds is 7. The Morgan fingerprint density at radius 2 is 1.79 bits per heavy atom. The Labute approximate surface area is 179 Å². The van der Waals surface area contributed by atoms with Crippen molar-refractivity contribution in [3.8, 4) is 5.75 Å². The molecule has 1 saturated heterocycles. The van der Waals surface area contributed by atoms with Gasteiger partial charge < -0.3 is 15.0 Å². The summed E-state index contributed by atoms with van der Waals surface area (Å²) in [7, 11) is -3.51. The Bertz CT molecular complexity index is 942. The number of carbonyl (C=O) groups excluding carboxylic acids is 1. The van der Waals surface area contributed by atoms with Crippen molar-refractivity contribution in [2.24, 2.45) is 0 Å². The summed E-state index contributed by atoms with van der Waals surface area (Å²) in [6.07, 6.45) is 0. The summed E-state index contributed by atoms with van der Waals surface area (Å²) < 4.78 is 33.4. The monoisotopic (exact) mass is 482 g/mol. The van der Waals surface area contributed by atoms with E-state index in [-0.39, 0.29) is 17.3 Å². The van der Waals surface area contributed by atoms with Crippen LogP contribution in [0.25, 0.3) is 0 Å². The third-order valence-corrected chi connectivity index (χ3v) is 7.19. The molecule has 1 heterocycles. The summed E-state index contributed by atoms with van der Waals surface area (Å²) in [4.78, 5) is 13.8. The van der Waals surface area contributed by atoms with Gasteiger partial charge >= 0.3 is 0 Å². The Hall–Kier alpha value is -1.94. The number of anilines is 1. The van der Waals surface area contributed by atoms with Crippen LogP contribution in [0.2, 0.25) is 0 Å². The second-order valence-corrected chi connectivity index (χ2v) is 9.62. The second kappa shape index (κ2) is 9.71. The number of piperazine rings is 1. The van der Waals surface area contributed by atoms with Gasteiger partial charge in [0.15, 0.2) is 6.54 Å². The summed E-state index contributed by atoms with van der Waals surface area (Å²) in [5.74, 6) is 0.528. The van der Waals surface area contributed by atoms with E-state index in [0.717, 1.165) is 9.37 Å². The van der Waals surface area contributed by atoms with Crippen LogP contribution >= 0.6 is 15.9 Å². The van der Waals surface area contributed by atoms with Crippen molar-refractivity contribution in [3.63, 3.8) is 0 Å².